The molecule has 0 radical (unpaired) electrons. The van der Waals surface area contributed by atoms with E-state index in [9.17, 15) is 14.0 Å². The Morgan fingerprint density at radius 1 is 0.871 bits per heavy atom. The van der Waals surface area contributed by atoms with Crippen molar-refractivity contribution in [2.45, 2.75) is 0 Å². The maximum atomic E-state index is 14.2. The average Bonchev–Trinajstić information content (AvgIpc) is 3.18. The largest absolute Gasteiger partial charge is 0.449 e. The predicted octanol–water partition coefficient (Wildman–Crippen LogP) is 4.45. The Morgan fingerprint density at radius 2 is 1.55 bits per heavy atom. The van der Waals surface area contributed by atoms with Gasteiger partial charge >= 0.3 is 0 Å². The van der Waals surface area contributed by atoms with Gasteiger partial charge in [0.1, 0.15) is 17.1 Å². The molecule has 0 atom stereocenters. The number of halogens is 1. The first-order valence-corrected chi connectivity index (χ1v) is 10.0. The van der Waals surface area contributed by atoms with Gasteiger partial charge in [0.25, 0.3) is 11.8 Å². The van der Waals surface area contributed by atoms with Gasteiger partial charge in [-0.15, -0.1) is 0 Å². The molecule has 1 N–H and O–H groups in total. The molecule has 5 rings (SSSR count). The number of rotatable bonds is 3. The molecule has 2 amide bonds. The zero-order valence-electron chi connectivity index (χ0n) is 16.6. The van der Waals surface area contributed by atoms with Crippen molar-refractivity contribution in [1.82, 2.24) is 4.90 Å². The SMILES string of the molecule is O=C(Nc1c(C(=O)N2CCOCC2)oc2ccccc12)c1ccc(F)c2ccccc12. The molecule has 0 spiro atoms. The van der Waals surface area contributed by atoms with Crippen LogP contribution in [0.25, 0.3) is 21.7 Å². The zero-order chi connectivity index (χ0) is 21.4. The molecule has 31 heavy (non-hydrogen) atoms. The van der Waals surface area contributed by atoms with Crippen molar-refractivity contribution < 1.29 is 23.1 Å². The van der Waals surface area contributed by atoms with Crippen LogP contribution in [0.1, 0.15) is 20.9 Å². The van der Waals surface area contributed by atoms with Gasteiger partial charge in [-0.05, 0) is 29.7 Å². The Hall–Kier alpha value is -3.71. The third kappa shape index (κ3) is 3.43. The second kappa shape index (κ2) is 7.85. The summed E-state index contributed by atoms with van der Waals surface area (Å²) in [7, 11) is 0. The second-order valence-electron chi connectivity index (χ2n) is 7.30. The molecule has 1 aromatic heterocycles. The number of furan rings is 1. The summed E-state index contributed by atoms with van der Waals surface area (Å²) in [5, 5.41) is 4.32. The van der Waals surface area contributed by atoms with Gasteiger partial charge in [0.2, 0.25) is 5.76 Å². The Kier molecular flexibility index (Phi) is 4.88. The van der Waals surface area contributed by atoms with Crippen molar-refractivity contribution in [2.24, 2.45) is 0 Å². The number of fused-ring (bicyclic) bond motifs is 2. The predicted molar refractivity (Wildman–Crippen MR) is 115 cm³/mol. The summed E-state index contributed by atoms with van der Waals surface area (Å²) in [6.07, 6.45) is 0. The summed E-state index contributed by atoms with van der Waals surface area (Å²) in [6.45, 7) is 1.81. The minimum absolute atomic E-state index is 0.0721. The molecule has 6 nitrogen and oxygen atoms in total. The maximum absolute atomic E-state index is 14.2. The fraction of sp³-hybridized carbons (Fsp3) is 0.167. The van der Waals surface area contributed by atoms with Crippen LogP contribution in [-0.2, 0) is 4.74 Å². The van der Waals surface area contributed by atoms with Crippen LogP contribution in [0.5, 0.6) is 0 Å². The number of hydrogen-bond donors (Lipinski definition) is 1. The van der Waals surface area contributed by atoms with Crippen LogP contribution in [0.4, 0.5) is 10.1 Å². The highest BCUT2D eigenvalue weighted by Crippen LogP contribution is 2.33. The van der Waals surface area contributed by atoms with E-state index in [4.69, 9.17) is 9.15 Å². The lowest BCUT2D eigenvalue weighted by molar-refractivity contribution is 0.0285. The number of nitrogens with zero attached hydrogens (tertiary/aromatic N) is 1. The van der Waals surface area contributed by atoms with Crippen molar-refractivity contribution in [3.63, 3.8) is 0 Å². The van der Waals surface area contributed by atoms with Crippen LogP contribution in [-0.4, -0.2) is 43.0 Å². The monoisotopic (exact) mass is 418 g/mol. The second-order valence-corrected chi connectivity index (χ2v) is 7.30. The Bertz CT molecular complexity index is 1310. The normalized spacial score (nSPS) is 14.2. The third-order valence-corrected chi connectivity index (χ3v) is 5.44. The Balaban J connectivity index is 1.57. The van der Waals surface area contributed by atoms with E-state index in [2.05, 4.69) is 5.32 Å². The van der Waals surface area contributed by atoms with E-state index in [0.717, 1.165) is 0 Å². The van der Waals surface area contributed by atoms with E-state index in [0.29, 0.717) is 59.3 Å². The van der Waals surface area contributed by atoms with Gasteiger partial charge in [0, 0.05) is 29.4 Å². The molecule has 7 heteroatoms. The first-order chi connectivity index (χ1) is 15.1. The van der Waals surface area contributed by atoms with Crippen LogP contribution in [0.3, 0.4) is 0 Å². The zero-order valence-corrected chi connectivity index (χ0v) is 16.6. The molecule has 3 aromatic carbocycles. The van der Waals surface area contributed by atoms with E-state index in [1.165, 1.54) is 12.1 Å². The van der Waals surface area contributed by atoms with Crippen LogP contribution in [0, 0.1) is 5.82 Å². The first-order valence-electron chi connectivity index (χ1n) is 10.0. The van der Waals surface area contributed by atoms with Gasteiger partial charge in [-0.1, -0.05) is 36.4 Å². The average molecular weight is 418 g/mol. The highest BCUT2D eigenvalue weighted by molar-refractivity contribution is 6.18. The minimum Gasteiger partial charge on any atom is -0.449 e. The molecule has 0 saturated carbocycles. The number of ether oxygens (including phenoxy) is 1. The van der Waals surface area contributed by atoms with E-state index >= 15 is 0 Å². The fourth-order valence-corrected chi connectivity index (χ4v) is 3.87. The lowest BCUT2D eigenvalue weighted by atomic mass is 10.0. The minimum atomic E-state index is -0.446. The van der Waals surface area contributed by atoms with Crippen LogP contribution >= 0.6 is 0 Å². The summed E-state index contributed by atoms with van der Waals surface area (Å²) in [5.74, 6) is -1.08. The van der Waals surface area contributed by atoms with E-state index in [1.54, 1.807) is 47.4 Å². The molecular weight excluding hydrogens is 399 g/mol. The third-order valence-electron chi connectivity index (χ3n) is 5.44. The number of para-hydroxylation sites is 1. The smallest absolute Gasteiger partial charge is 0.291 e. The molecule has 0 unspecified atom stereocenters. The van der Waals surface area contributed by atoms with Gasteiger partial charge in [0.05, 0.1) is 13.2 Å². The van der Waals surface area contributed by atoms with Crippen LogP contribution < -0.4 is 5.32 Å². The number of hydrogen-bond acceptors (Lipinski definition) is 4. The molecule has 1 aliphatic rings. The highest BCUT2D eigenvalue weighted by atomic mass is 19.1. The molecule has 0 aliphatic carbocycles. The quantitative estimate of drug-likeness (QED) is 0.534. The lowest BCUT2D eigenvalue weighted by Crippen LogP contribution is -2.40. The standard InChI is InChI=1S/C24H19FN2O4/c25-19-10-9-17(15-5-1-2-6-16(15)19)23(28)26-21-18-7-3-4-8-20(18)31-22(21)24(29)27-11-13-30-14-12-27/h1-10H,11-14H2,(H,26,28). The molecule has 1 fully saturated rings. The molecule has 1 aliphatic heterocycles. The van der Waals surface area contributed by atoms with Crippen molar-refractivity contribution in [1.29, 1.82) is 0 Å². The molecule has 2 heterocycles. The summed E-state index contributed by atoms with van der Waals surface area (Å²) in [5.41, 5.74) is 1.12. The van der Waals surface area contributed by atoms with Gasteiger partial charge in [-0.2, -0.15) is 0 Å². The molecule has 156 valence electrons. The lowest BCUT2D eigenvalue weighted by Gasteiger charge is -2.26. The molecular formula is C24H19FN2O4. The number of anilines is 1. The van der Waals surface area contributed by atoms with Gasteiger partial charge in [0.15, 0.2) is 0 Å². The summed E-state index contributed by atoms with van der Waals surface area (Å²) in [6, 6.07) is 16.6. The molecule has 0 bridgehead atoms. The van der Waals surface area contributed by atoms with E-state index < -0.39 is 11.7 Å². The van der Waals surface area contributed by atoms with Crippen LogP contribution in [0.15, 0.2) is 65.1 Å². The van der Waals surface area contributed by atoms with Gasteiger partial charge in [-0.25, -0.2) is 4.39 Å². The number of carbonyl (C=O) groups excluding carboxylic acids is 2. The first kappa shape index (κ1) is 19.3. The maximum Gasteiger partial charge on any atom is 0.291 e. The molecule has 4 aromatic rings. The fourth-order valence-electron chi connectivity index (χ4n) is 3.87. The number of carbonyl (C=O) groups is 2. The van der Waals surface area contributed by atoms with Gasteiger partial charge in [-0.3, -0.25) is 9.59 Å². The van der Waals surface area contributed by atoms with Crippen molar-refractivity contribution in [3.05, 3.63) is 77.8 Å². The van der Waals surface area contributed by atoms with Crippen molar-refractivity contribution in [3.8, 4) is 0 Å². The van der Waals surface area contributed by atoms with E-state index in [-0.39, 0.29) is 11.7 Å². The number of benzene rings is 3. The number of nitrogens with one attached hydrogen (secondary N) is 1. The summed E-state index contributed by atoms with van der Waals surface area (Å²) < 4.78 is 25.4. The van der Waals surface area contributed by atoms with E-state index in [1.807, 2.05) is 6.07 Å². The van der Waals surface area contributed by atoms with Crippen LogP contribution in [0.2, 0.25) is 0 Å². The van der Waals surface area contributed by atoms with Crippen molar-refractivity contribution in [2.75, 3.05) is 31.6 Å². The Labute approximate surface area is 177 Å². The number of amides is 2. The molecule has 1 saturated heterocycles. The van der Waals surface area contributed by atoms with Crippen molar-refractivity contribution >= 4 is 39.2 Å². The van der Waals surface area contributed by atoms with Gasteiger partial charge < -0.3 is 19.4 Å². The Morgan fingerprint density at radius 3 is 2.32 bits per heavy atom. The highest BCUT2D eigenvalue weighted by Gasteiger charge is 2.28. The summed E-state index contributed by atoms with van der Waals surface area (Å²) >= 11 is 0. The number of morpholine rings is 1. The topological polar surface area (TPSA) is 71.8 Å². The summed E-state index contributed by atoms with van der Waals surface area (Å²) in [4.78, 5) is 28.0.